The van der Waals surface area contributed by atoms with Gasteiger partial charge in [-0.2, -0.15) is 0 Å². The molecular weight excluding hydrogens is 325 g/mol. The minimum absolute atomic E-state index is 0. The van der Waals surface area contributed by atoms with Gasteiger partial charge in [0.05, 0.1) is 0 Å². The third-order valence-corrected chi connectivity index (χ3v) is 3.99. The van der Waals surface area contributed by atoms with Gasteiger partial charge in [0.15, 0.2) is 11.7 Å². The van der Waals surface area contributed by atoms with Gasteiger partial charge < -0.3 is 16.6 Å². The van der Waals surface area contributed by atoms with E-state index in [2.05, 4.69) is 4.98 Å². The Hall–Kier alpha value is -1.04. The molecule has 1 unspecified atom stereocenters. The molecule has 1 aromatic heterocycles. The molecule has 24 heavy (non-hydrogen) atoms. The van der Waals surface area contributed by atoms with Gasteiger partial charge in [-0.05, 0) is 0 Å². The van der Waals surface area contributed by atoms with Crippen LogP contribution in [0.1, 0.15) is 18.2 Å². The number of aromatic nitrogens is 1. The molecule has 1 fully saturated rings. The second kappa shape index (κ2) is 8.36. The Morgan fingerprint density at radius 1 is 0.958 bits per heavy atom. The van der Waals surface area contributed by atoms with Gasteiger partial charge in [0.25, 0.3) is 0 Å². The second-order valence-electron chi connectivity index (χ2n) is 5.53. The largest absolute Gasteiger partial charge is 1.00 e. The van der Waals surface area contributed by atoms with Crippen molar-refractivity contribution in [2.24, 2.45) is 5.92 Å². The van der Waals surface area contributed by atoms with Crippen molar-refractivity contribution >= 4 is 6.29 Å². The smallest absolute Gasteiger partial charge is 0.541 e. The molecule has 1 aliphatic carbocycles. The average molecular weight is 342 g/mol. The van der Waals surface area contributed by atoms with E-state index in [9.17, 15) is 4.79 Å². The zero-order valence-corrected chi connectivity index (χ0v) is 17.0. The predicted molar refractivity (Wildman–Crippen MR) is 90.3 cm³/mol. The molecule has 1 saturated carbocycles. The van der Waals surface area contributed by atoms with Gasteiger partial charge in [-0.15, -0.1) is 5.92 Å². The van der Waals surface area contributed by atoms with Crippen LogP contribution in [0.2, 0.25) is 0 Å². The molecule has 4 heteroatoms. The molecule has 2 atom stereocenters. The molecule has 2 aromatic carbocycles. The summed E-state index contributed by atoms with van der Waals surface area (Å²) in [5.74, 6) is 1.42. The van der Waals surface area contributed by atoms with Crippen LogP contribution >= 0.6 is 0 Å². The summed E-state index contributed by atoms with van der Waals surface area (Å²) in [6.45, 7) is 0. The molecule has 0 bridgehead atoms. The van der Waals surface area contributed by atoms with Crippen LogP contribution in [-0.2, 0) is 4.79 Å². The summed E-state index contributed by atoms with van der Waals surface area (Å²) in [6, 6.07) is 19.9. The number of hydrogen-bond donors (Lipinski definition) is 0. The Morgan fingerprint density at radius 3 is 2.08 bits per heavy atom. The van der Waals surface area contributed by atoms with E-state index < -0.39 is 0 Å². The van der Waals surface area contributed by atoms with E-state index in [4.69, 9.17) is 4.42 Å². The van der Waals surface area contributed by atoms with Crippen molar-refractivity contribution in [3.8, 4) is 22.6 Å². The van der Waals surface area contributed by atoms with Crippen LogP contribution in [0.4, 0.5) is 0 Å². The van der Waals surface area contributed by atoms with Crippen molar-refractivity contribution in [3.05, 3.63) is 74.0 Å². The second-order valence-corrected chi connectivity index (χ2v) is 5.53. The number of nitrogens with zero attached hydrogens (tertiary/aromatic N) is 1. The molecule has 0 aliphatic heterocycles. The first-order chi connectivity index (χ1) is 10.9. The topological polar surface area (TPSA) is 43.1 Å². The van der Waals surface area contributed by atoms with Gasteiger partial charge in [0.1, 0.15) is 5.69 Å². The summed E-state index contributed by atoms with van der Waals surface area (Å²) in [5.41, 5.74) is 2.84. The maximum atomic E-state index is 10.8. The number of rotatable bonds is 4. The maximum absolute atomic E-state index is 10.8. The van der Waals surface area contributed by atoms with Crippen LogP contribution in [0.3, 0.4) is 0 Å². The van der Waals surface area contributed by atoms with Crippen molar-refractivity contribution in [1.82, 2.24) is 4.98 Å². The van der Waals surface area contributed by atoms with Crippen molar-refractivity contribution < 1.29 is 60.6 Å². The molecule has 1 aliphatic rings. The van der Waals surface area contributed by atoms with Crippen LogP contribution in [0.25, 0.3) is 22.6 Å². The number of hydrogen-bond acceptors (Lipinski definition) is 3. The first-order valence-corrected chi connectivity index (χ1v) is 7.36. The molecule has 0 spiro atoms. The van der Waals surface area contributed by atoms with Gasteiger partial charge >= 0.3 is 51.4 Å². The molecule has 0 saturated heterocycles. The van der Waals surface area contributed by atoms with Crippen LogP contribution < -0.4 is 51.4 Å². The zero-order valence-electron chi connectivity index (χ0n) is 13.9. The van der Waals surface area contributed by atoms with Gasteiger partial charge in [-0.1, -0.05) is 67.1 Å². The van der Waals surface area contributed by atoms with Crippen molar-refractivity contribution in [1.29, 1.82) is 0 Å². The normalized spacial score (nSPS) is 18.2. The van der Waals surface area contributed by atoms with Crippen molar-refractivity contribution in [2.75, 3.05) is 0 Å². The molecule has 1 heterocycles. The predicted octanol–water partition coefficient (Wildman–Crippen LogP) is 1.68. The summed E-state index contributed by atoms with van der Waals surface area (Å²) >= 11 is 0. The number of carbonyl (C=O) groups excluding carboxylic acids is 1. The Kier molecular flexibility index (Phi) is 6.72. The summed E-state index contributed by atoms with van der Waals surface area (Å²) in [5, 5.41) is 0. The average Bonchev–Trinajstić information content (AvgIpc) is 3.26. The summed E-state index contributed by atoms with van der Waals surface area (Å²) < 4.78 is 6.02. The summed E-state index contributed by atoms with van der Waals surface area (Å²) in [7, 11) is 0. The molecule has 3 aromatic rings. The van der Waals surface area contributed by atoms with Crippen molar-refractivity contribution in [2.45, 2.75) is 12.3 Å². The summed E-state index contributed by atoms with van der Waals surface area (Å²) in [4.78, 5) is 15.5. The third-order valence-electron chi connectivity index (χ3n) is 3.99. The minimum Gasteiger partial charge on any atom is -0.541 e. The standard InChI is InChI=1S/C19H14NO2.CH3.K/c21-12-15-11-16(15)19-20-17(13-7-3-1-4-8-13)18(22-19)14-9-5-2-6-10-14;;/h1-10,15-16H,11H2;1H3;/q2*-1;+1/t15?,16-;;/m0../s1. The van der Waals surface area contributed by atoms with Gasteiger partial charge in [-0.3, -0.25) is 6.29 Å². The van der Waals surface area contributed by atoms with Crippen molar-refractivity contribution in [3.63, 3.8) is 0 Å². The Morgan fingerprint density at radius 2 is 1.54 bits per heavy atom. The van der Waals surface area contributed by atoms with Gasteiger partial charge in [0.2, 0.25) is 0 Å². The number of benzene rings is 2. The fraction of sp³-hybridized carbons (Fsp3) is 0.150. The van der Waals surface area contributed by atoms with E-state index in [1.165, 1.54) is 0 Å². The first kappa shape index (κ1) is 19.3. The van der Waals surface area contributed by atoms with Gasteiger partial charge in [0, 0.05) is 17.0 Å². The van der Waals surface area contributed by atoms with E-state index in [1.54, 1.807) is 0 Å². The van der Waals surface area contributed by atoms with E-state index >= 15 is 0 Å². The molecule has 3 nitrogen and oxygen atoms in total. The van der Waals surface area contributed by atoms with Crippen LogP contribution in [0, 0.1) is 13.3 Å². The molecule has 116 valence electrons. The van der Waals surface area contributed by atoms with E-state index in [0.717, 1.165) is 29.0 Å². The quantitative estimate of drug-likeness (QED) is 0.535. The van der Waals surface area contributed by atoms with Gasteiger partial charge in [-0.25, -0.2) is 4.98 Å². The zero-order chi connectivity index (χ0) is 14.9. The SMILES string of the molecule is O=[C-]C1C[C@@H]1c1nc(-c2ccccc2)c(-c2ccccc2)o1.[CH3-].[K+]. The van der Waals surface area contributed by atoms with E-state index in [-0.39, 0.29) is 70.6 Å². The third kappa shape index (κ3) is 3.79. The molecular formula is C20H17KNO2-. The van der Waals surface area contributed by atoms with E-state index in [1.807, 2.05) is 66.9 Å². The maximum Gasteiger partial charge on any atom is 1.00 e. The molecule has 4 rings (SSSR count). The monoisotopic (exact) mass is 342 g/mol. The first-order valence-electron chi connectivity index (χ1n) is 7.36. The van der Waals surface area contributed by atoms with Crippen LogP contribution in [0.15, 0.2) is 65.1 Å². The van der Waals surface area contributed by atoms with E-state index in [0.29, 0.717) is 5.89 Å². The Bertz CT molecular complexity index is 742. The minimum atomic E-state index is -0.0640. The van der Waals surface area contributed by atoms with Crippen LogP contribution in [-0.4, -0.2) is 11.3 Å². The fourth-order valence-corrected chi connectivity index (χ4v) is 2.67. The Labute approximate surface area is 184 Å². The molecule has 0 amide bonds. The number of oxazole rings is 1. The molecule has 0 N–H and O–H groups in total. The fourth-order valence-electron chi connectivity index (χ4n) is 2.67. The summed E-state index contributed by atoms with van der Waals surface area (Å²) in [6.07, 6.45) is 2.83. The van der Waals surface area contributed by atoms with Crippen LogP contribution in [0.5, 0.6) is 0 Å². The Balaban J connectivity index is 0.00000104. The molecule has 0 radical (unpaired) electrons.